The molecule has 1 saturated heterocycles. The van der Waals surface area contributed by atoms with Gasteiger partial charge in [-0.05, 0) is 65.3 Å². The minimum absolute atomic E-state index is 0.0708. The molecular formula is C33H26BrN3O7S2. The number of amides is 3. The molecule has 13 heteroatoms. The highest BCUT2D eigenvalue weighted by Crippen LogP contribution is 2.69. The van der Waals surface area contributed by atoms with Crippen molar-refractivity contribution in [3.8, 4) is 5.75 Å². The molecular weight excluding hydrogens is 694 g/mol. The Morgan fingerprint density at radius 1 is 1.00 bits per heavy atom. The number of H-pyrrole nitrogens is 1. The first-order valence-corrected chi connectivity index (χ1v) is 17.3. The van der Waals surface area contributed by atoms with E-state index in [1.807, 2.05) is 54.6 Å². The minimum atomic E-state index is -1.22. The van der Waals surface area contributed by atoms with Crippen molar-refractivity contribution in [1.82, 2.24) is 9.88 Å². The summed E-state index contributed by atoms with van der Waals surface area (Å²) in [7, 11) is 0. The number of anilines is 1. The Labute approximate surface area is 278 Å². The lowest BCUT2D eigenvalue weighted by Crippen LogP contribution is -2.42. The molecule has 2 aliphatic carbocycles. The van der Waals surface area contributed by atoms with Crippen LogP contribution in [0.5, 0.6) is 5.75 Å². The van der Waals surface area contributed by atoms with Crippen molar-refractivity contribution in [2.75, 3.05) is 18.5 Å². The molecule has 3 heterocycles. The van der Waals surface area contributed by atoms with E-state index in [4.69, 9.17) is 4.74 Å². The van der Waals surface area contributed by atoms with E-state index >= 15 is 0 Å². The lowest BCUT2D eigenvalue weighted by molar-refractivity contribution is -0.149. The van der Waals surface area contributed by atoms with E-state index in [0.717, 1.165) is 46.9 Å². The van der Waals surface area contributed by atoms with Gasteiger partial charge in [-0.2, -0.15) is 0 Å². The summed E-state index contributed by atoms with van der Waals surface area (Å²) in [6, 6.07) is 19.1. The van der Waals surface area contributed by atoms with Gasteiger partial charge in [0, 0.05) is 31.8 Å². The first kappa shape index (κ1) is 29.5. The van der Waals surface area contributed by atoms with Gasteiger partial charge in [-0.15, -0.1) is 11.8 Å². The molecule has 3 aromatic carbocycles. The molecule has 0 spiro atoms. The summed E-state index contributed by atoms with van der Waals surface area (Å²) in [6.07, 6.45) is 0.671. The Hall–Kier alpha value is -3.94. The van der Waals surface area contributed by atoms with Crippen molar-refractivity contribution in [1.29, 1.82) is 0 Å². The van der Waals surface area contributed by atoms with Crippen LogP contribution in [0.4, 0.5) is 5.69 Å². The minimum Gasteiger partial charge on any atom is -0.483 e. The Morgan fingerprint density at radius 3 is 2.54 bits per heavy atom. The quantitative estimate of drug-likeness (QED) is 0.228. The average Bonchev–Trinajstić information content (AvgIpc) is 3.76. The zero-order chi connectivity index (χ0) is 31.9. The summed E-state index contributed by atoms with van der Waals surface area (Å²) < 4.78 is 6.97. The maximum absolute atomic E-state index is 13.5. The third-order valence-electron chi connectivity index (χ3n) is 9.81. The third-order valence-corrected chi connectivity index (χ3v) is 12.9. The van der Waals surface area contributed by atoms with Gasteiger partial charge >= 0.3 is 10.8 Å². The van der Waals surface area contributed by atoms with Crippen LogP contribution < -0.4 is 14.9 Å². The van der Waals surface area contributed by atoms with Crippen LogP contribution in [0.15, 0.2) is 75.0 Å². The number of halogens is 1. The smallest absolute Gasteiger partial charge is 0.323 e. The van der Waals surface area contributed by atoms with Crippen LogP contribution in [0.25, 0.3) is 10.8 Å². The number of imide groups is 1. The number of hydrogen-bond donors (Lipinski definition) is 3. The summed E-state index contributed by atoms with van der Waals surface area (Å²) in [5.41, 5.74) is 1.43. The average molecular weight is 721 g/mol. The lowest BCUT2D eigenvalue weighted by Gasteiger charge is -2.43. The number of likely N-dealkylation sites (tertiary alicyclic amines) is 1. The maximum atomic E-state index is 13.5. The number of nitrogens with zero attached hydrogens (tertiary/aromatic N) is 1. The highest BCUT2D eigenvalue weighted by Gasteiger charge is 2.69. The molecule has 1 aromatic heterocycles. The SMILES string of the molecule is O=C(O)CN1C(=O)C2C3CC(C2C1=O)C1C3Sc2[nH]c(=O)sc2[C@@H]1c1cc(Br)ccc1OCC(=O)Nc1ccc2ccccc2c1. The number of rotatable bonds is 7. The summed E-state index contributed by atoms with van der Waals surface area (Å²) in [6.45, 7) is -0.886. The van der Waals surface area contributed by atoms with Crippen LogP contribution in [0.2, 0.25) is 0 Å². The Morgan fingerprint density at radius 2 is 1.76 bits per heavy atom. The number of ether oxygens (including phenoxy) is 1. The number of aromatic nitrogens is 1. The molecule has 4 aromatic rings. The number of fused-ring (bicyclic) bond motifs is 10. The fraction of sp³-hybridized carbons (Fsp3) is 0.303. The van der Waals surface area contributed by atoms with Crippen LogP contribution in [0.3, 0.4) is 0 Å². The van der Waals surface area contributed by atoms with Crippen LogP contribution >= 0.6 is 39.0 Å². The van der Waals surface area contributed by atoms with Crippen molar-refractivity contribution in [3.63, 3.8) is 0 Å². The summed E-state index contributed by atoms with van der Waals surface area (Å²) in [5.74, 6) is -3.82. The number of carbonyl (C=O) groups is 4. The zero-order valence-corrected chi connectivity index (χ0v) is 27.2. The maximum Gasteiger partial charge on any atom is 0.323 e. The second kappa shape index (κ2) is 11.1. The molecule has 2 bridgehead atoms. The topological polar surface area (TPSA) is 146 Å². The molecule has 46 heavy (non-hydrogen) atoms. The zero-order valence-electron chi connectivity index (χ0n) is 24.0. The van der Waals surface area contributed by atoms with E-state index < -0.39 is 36.2 Å². The normalized spacial score (nSPS) is 27.4. The van der Waals surface area contributed by atoms with Gasteiger partial charge in [0.1, 0.15) is 12.3 Å². The van der Waals surface area contributed by atoms with Gasteiger partial charge in [-0.1, -0.05) is 57.6 Å². The monoisotopic (exact) mass is 719 g/mol. The molecule has 4 aliphatic rings. The molecule has 3 fully saturated rings. The number of aromatic amines is 1. The molecule has 7 atom stereocenters. The predicted octanol–water partition coefficient (Wildman–Crippen LogP) is 4.93. The van der Waals surface area contributed by atoms with E-state index in [0.29, 0.717) is 17.9 Å². The van der Waals surface area contributed by atoms with Crippen LogP contribution in [-0.2, 0) is 19.2 Å². The van der Waals surface area contributed by atoms with Gasteiger partial charge in [0.05, 0.1) is 16.9 Å². The predicted molar refractivity (Wildman–Crippen MR) is 175 cm³/mol. The van der Waals surface area contributed by atoms with E-state index in [1.54, 1.807) is 17.8 Å². The van der Waals surface area contributed by atoms with Gasteiger partial charge in [-0.3, -0.25) is 28.9 Å². The summed E-state index contributed by atoms with van der Waals surface area (Å²) >= 11 is 6.26. The Balaban J connectivity index is 1.11. The van der Waals surface area contributed by atoms with Gasteiger partial charge in [0.15, 0.2) is 6.61 Å². The third kappa shape index (κ3) is 4.70. The summed E-state index contributed by atoms with van der Waals surface area (Å²) in [4.78, 5) is 68.6. The second-order valence-corrected chi connectivity index (χ2v) is 15.3. The molecule has 2 aliphatic heterocycles. The van der Waals surface area contributed by atoms with Crippen molar-refractivity contribution in [2.24, 2.45) is 29.6 Å². The van der Waals surface area contributed by atoms with Crippen LogP contribution in [0, 0.1) is 29.6 Å². The fourth-order valence-corrected chi connectivity index (χ4v) is 11.5. The fourth-order valence-electron chi connectivity index (χ4n) is 8.22. The molecule has 3 N–H and O–H groups in total. The number of benzene rings is 3. The molecule has 10 nitrogen and oxygen atoms in total. The van der Waals surface area contributed by atoms with Crippen molar-refractivity contribution in [3.05, 3.63) is 85.2 Å². The van der Waals surface area contributed by atoms with E-state index in [2.05, 4.69) is 26.2 Å². The Kier molecular flexibility index (Phi) is 7.11. The molecule has 234 valence electrons. The molecule has 6 unspecified atom stereocenters. The standard InChI is InChI=1S/C33H26BrN3O7S2/c34-16-6-8-21(44-13-22(38)35-17-7-5-14-3-1-2-4-15(14)9-17)18(10-16)24-25-19-11-20(28(25)45-30-29(24)46-33(43)36-30)27-26(19)31(41)37(32(27)42)12-23(39)40/h1-10,19-20,24-28H,11-13H2,(H,35,38)(H,36,43)(H,39,40)/t19?,20?,24-,25?,26?,27?,28?/m1/s1. The van der Waals surface area contributed by atoms with E-state index in [9.17, 15) is 29.1 Å². The van der Waals surface area contributed by atoms with Gasteiger partial charge in [0.25, 0.3) is 5.91 Å². The first-order chi connectivity index (χ1) is 22.2. The molecule has 0 radical (unpaired) electrons. The lowest BCUT2D eigenvalue weighted by atomic mass is 9.68. The molecule has 2 saturated carbocycles. The highest BCUT2D eigenvalue weighted by atomic mass is 79.9. The number of hydrogen-bond acceptors (Lipinski definition) is 8. The number of carboxylic acid groups (broad SMARTS) is 1. The Bertz CT molecular complexity index is 2030. The van der Waals surface area contributed by atoms with E-state index in [-0.39, 0.29) is 46.3 Å². The number of carboxylic acids is 1. The summed E-state index contributed by atoms with van der Waals surface area (Å²) in [5, 5.41) is 15.0. The molecule has 3 amide bonds. The second-order valence-electron chi connectivity index (χ2n) is 12.2. The molecule has 8 rings (SSSR count). The van der Waals surface area contributed by atoms with Crippen molar-refractivity contribution < 1.29 is 29.0 Å². The largest absolute Gasteiger partial charge is 0.483 e. The van der Waals surface area contributed by atoms with Crippen molar-refractivity contribution in [2.45, 2.75) is 22.6 Å². The van der Waals surface area contributed by atoms with E-state index in [1.165, 1.54) is 0 Å². The van der Waals surface area contributed by atoms with Gasteiger partial charge in [0.2, 0.25) is 11.8 Å². The number of carbonyl (C=O) groups excluding carboxylic acids is 3. The number of thiazole rings is 1. The number of aliphatic carboxylic acids is 1. The highest BCUT2D eigenvalue weighted by molar-refractivity contribution is 9.10. The van der Waals surface area contributed by atoms with Gasteiger partial charge < -0.3 is 20.1 Å². The van der Waals surface area contributed by atoms with Crippen LogP contribution in [-0.4, -0.2) is 57.1 Å². The number of nitrogens with one attached hydrogen (secondary N) is 2. The van der Waals surface area contributed by atoms with Gasteiger partial charge in [-0.25, -0.2) is 0 Å². The number of thioether (sulfide) groups is 1. The van der Waals surface area contributed by atoms with Crippen molar-refractivity contribution >= 4 is 79.2 Å². The van der Waals surface area contributed by atoms with Crippen LogP contribution in [0.1, 0.15) is 22.8 Å². The first-order valence-electron chi connectivity index (χ1n) is 14.9.